The summed E-state index contributed by atoms with van der Waals surface area (Å²) in [6.45, 7) is 8.06. The Bertz CT molecular complexity index is 2250. The summed E-state index contributed by atoms with van der Waals surface area (Å²) >= 11 is 0. The number of fused-ring (bicyclic) bond motifs is 1. The standard InChI is InChI=1S/C49H49N3O6/c1-48(2)32-41-40(45(54)52(41)44(48)46(55)57-43(35-18-10-6-11-19-35)36-20-12-7-13-21-36)31-39-30-37(27-29-50-39)42(53)22-14-15-28-51-47(56)58-49(3,4)38-25-23-34(24-26-38)33-16-8-5-9-17-33/h5-13,16-21,23-27,29-31,41,43-44H,14-15,22,28,32H2,1-4H3,(H,51,56)/b40-31+/t41?,44-/m0/s1. The van der Waals surface area contributed by atoms with Crippen LogP contribution >= 0.6 is 0 Å². The average Bonchev–Trinajstić information content (AvgIpc) is 3.49. The SMILES string of the molecule is CC(C)(OC(=O)NCCCCC(=O)c1ccnc(/C=C2/C(=O)N3C2CC(C)(C)[C@@H]3C(=O)OC(c2ccccc2)c2ccccc2)c1)c1ccc(-c2ccccc2)cc1. The van der Waals surface area contributed by atoms with Crippen LogP contribution in [-0.4, -0.2) is 52.3 Å². The van der Waals surface area contributed by atoms with Crippen molar-refractivity contribution in [2.45, 2.75) is 77.2 Å². The van der Waals surface area contributed by atoms with Gasteiger partial charge in [-0.2, -0.15) is 0 Å². The van der Waals surface area contributed by atoms with E-state index in [4.69, 9.17) is 9.47 Å². The van der Waals surface area contributed by atoms with Crippen molar-refractivity contribution in [2.75, 3.05) is 6.54 Å². The normalized spacial score (nSPS) is 17.7. The lowest BCUT2D eigenvalue weighted by atomic mass is 9.83. The van der Waals surface area contributed by atoms with E-state index in [1.165, 1.54) is 0 Å². The monoisotopic (exact) mass is 775 g/mol. The zero-order valence-electron chi connectivity index (χ0n) is 33.4. The van der Waals surface area contributed by atoms with Crippen LogP contribution in [0.3, 0.4) is 0 Å². The lowest BCUT2D eigenvalue weighted by Crippen LogP contribution is -2.58. The van der Waals surface area contributed by atoms with Crippen molar-refractivity contribution in [3.63, 3.8) is 0 Å². The number of unbranched alkanes of at least 4 members (excludes halogenated alkanes) is 1. The van der Waals surface area contributed by atoms with E-state index >= 15 is 0 Å². The molecule has 7 rings (SSSR count). The minimum absolute atomic E-state index is 0.0533. The Morgan fingerprint density at radius 2 is 1.45 bits per heavy atom. The first-order valence-corrected chi connectivity index (χ1v) is 19.9. The number of carbonyl (C=O) groups is 4. The van der Waals surface area contributed by atoms with E-state index in [9.17, 15) is 19.2 Å². The van der Waals surface area contributed by atoms with Crippen LogP contribution in [0.4, 0.5) is 4.79 Å². The van der Waals surface area contributed by atoms with Crippen molar-refractivity contribution in [1.82, 2.24) is 15.2 Å². The molecule has 9 heteroatoms. The fourth-order valence-electron chi connectivity index (χ4n) is 7.99. The van der Waals surface area contributed by atoms with E-state index in [0.717, 1.165) is 27.8 Å². The van der Waals surface area contributed by atoms with Crippen molar-refractivity contribution in [1.29, 1.82) is 0 Å². The molecule has 2 aliphatic heterocycles. The summed E-state index contributed by atoms with van der Waals surface area (Å²) in [6.07, 6.45) is 4.22. The van der Waals surface area contributed by atoms with Gasteiger partial charge in [-0.05, 0) is 84.6 Å². The summed E-state index contributed by atoms with van der Waals surface area (Å²) in [7, 11) is 0. The highest BCUT2D eigenvalue weighted by Gasteiger charge is 2.61. The van der Waals surface area contributed by atoms with Gasteiger partial charge in [-0.1, -0.05) is 129 Å². The Balaban J connectivity index is 0.903. The second kappa shape index (κ2) is 17.0. The van der Waals surface area contributed by atoms with Crippen molar-refractivity contribution in [3.05, 3.63) is 167 Å². The smallest absolute Gasteiger partial charge is 0.408 e. The van der Waals surface area contributed by atoms with Crippen molar-refractivity contribution >= 4 is 29.8 Å². The number of rotatable bonds is 14. The number of pyridine rings is 1. The van der Waals surface area contributed by atoms with Gasteiger partial charge in [0.2, 0.25) is 0 Å². The molecule has 2 saturated heterocycles. The minimum Gasteiger partial charge on any atom is -0.451 e. The van der Waals surface area contributed by atoms with Gasteiger partial charge in [-0.15, -0.1) is 0 Å². The highest BCUT2D eigenvalue weighted by molar-refractivity contribution is 6.08. The molecule has 0 radical (unpaired) electrons. The summed E-state index contributed by atoms with van der Waals surface area (Å²) in [5.41, 5.74) is 4.99. The zero-order chi connectivity index (χ0) is 40.9. The maximum atomic E-state index is 13.9. The first-order valence-electron chi connectivity index (χ1n) is 19.9. The molecule has 0 aliphatic carbocycles. The zero-order valence-corrected chi connectivity index (χ0v) is 33.4. The number of carbonyl (C=O) groups excluding carboxylic acids is 4. The number of ether oxygens (including phenoxy) is 2. The number of nitrogens with zero attached hydrogens (tertiary/aromatic N) is 2. The average molecular weight is 776 g/mol. The number of β-lactam (4-membered cyclic amide) rings is 1. The molecule has 296 valence electrons. The summed E-state index contributed by atoms with van der Waals surface area (Å²) < 4.78 is 12.0. The van der Waals surface area contributed by atoms with Crippen LogP contribution in [0.2, 0.25) is 0 Å². The van der Waals surface area contributed by atoms with E-state index in [0.29, 0.717) is 42.6 Å². The van der Waals surface area contributed by atoms with Gasteiger partial charge in [0.05, 0.1) is 11.7 Å². The molecule has 1 unspecified atom stereocenters. The first kappa shape index (κ1) is 39.9. The Kier molecular flexibility index (Phi) is 11.7. The first-order chi connectivity index (χ1) is 27.9. The van der Waals surface area contributed by atoms with Crippen molar-refractivity contribution in [3.8, 4) is 11.1 Å². The molecule has 0 bridgehead atoms. The quantitative estimate of drug-likeness (QED) is 0.0393. The number of alkyl carbamates (subject to hydrolysis) is 1. The number of ketones is 1. The number of Topliss-reactive ketones (excluding diaryl/α,β-unsaturated/α-hetero) is 1. The van der Waals surface area contributed by atoms with Gasteiger partial charge in [0, 0.05) is 30.3 Å². The van der Waals surface area contributed by atoms with Gasteiger partial charge < -0.3 is 19.7 Å². The van der Waals surface area contributed by atoms with Crippen LogP contribution < -0.4 is 5.32 Å². The van der Waals surface area contributed by atoms with E-state index in [1.54, 1.807) is 29.3 Å². The molecular formula is C49H49N3O6. The van der Waals surface area contributed by atoms with Gasteiger partial charge in [-0.25, -0.2) is 9.59 Å². The lowest BCUT2D eigenvalue weighted by molar-refractivity contribution is -0.162. The molecule has 1 N–H and O–H groups in total. The van der Waals surface area contributed by atoms with E-state index in [1.807, 2.05) is 131 Å². The minimum atomic E-state index is -0.831. The van der Waals surface area contributed by atoms with Crippen LogP contribution in [0.1, 0.15) is 92.2 Å². The van der Waals surface area contributed by atoms with Crippen LogP contribution in [-0.2, 0) is 24.7 Å². The van der Waals surface area contributed by atoms with Crippen molar-refractivity contribution in [2.24, 2.45) is 5.41 Å². The van der Waals surface area contributed by atoms with Crippen LogP contribution in [0.15, 0.2) is 139 Å². The highest BCUT2D eigenvalue weighted by Crippen LogP contribution is 2.50. The second-order valence-electron chi connectivity index (χ2n) is 16.2. The van der Waals surface area contributed by atoms with Gasteiger partial charge in [-0.3, -0.25) is 14.6 Å². The molecular weight excluding hydrogens is 727 g/mol. The molecule has 3 heterocycles. The highest BCUT2D eigenvalue weighted by atomic mass is 16.6. The fourth-order valence-corrected chi connectivity index (χ4v) is 7.99. The largest absolute Gasteiger partial charge is 0.451 e. The maximum Gasteiger partial charge on any atom is 0.408 e. The summed E-state index contributed by atoms with van der Waals surface area (Å²) in [5.74, 6) is -0.728. The molecule has 5 aromatic rings. The van der Waals surface area contributed by atoms with Gasteiger partial charge in [0.1, 0.15) is 11.6 Å². The molecule has 9 nitrogen and oxygen atoms in total. The third kappa shape index (κ3) is 8.79. The number of hydrogen-bond acceptors (Lipinski definition) is 7. The lowest BCUT2D eigenvalue weighted by Gasteiger charge is -2.41. The predicted molar refractivity (Wildman–Crippen MR) is 223 cm³/mol. The summed E-state index contributed by atoms with van der Waals surface area (Å²) in [5, 5.41) is 2.81. The Morgan fingerprint density at radius 1 is 0.845 bits per heavy atom. The maximum absolute atomic E-state index is 13.9. The molecule has 0 saturated carbocycles. The number of benzene rings is 4. The number of amides is 2. The molecule has 2 aliphatic rings. The molecule has 2 fully saturated rings. The summed E-state index contributed by atoms with van der Waals surface area (Å²) in [4.78, 5) is 59.5. The third-order valence-electron chi connectivity index (χ3n) is 11.1. The predicted octanol–water partition coefficient (Wildman–Crippen LogP) is 9.49. The number of aromatic nitrogens is 1. The number of nitrogens with one attached hydrogen (secondary N) is 1. The molecule has 1 aromatic heterocycles. The molecule has 58 heavy (non-hydrogen) atoms. The van der Waals surface area contributed by atoms with Crippen molar-refractivity contribution < 1.29 is 28.7 Å². The van der Waals surface area contributed by atoms with Gasteiger partial charge >= 0.3 is 12.1 Å². The van der Waals surface area contributed by atoms with Gasteiger partial charge in [0.25, 0.3) is 5.91 Å². The van der Waals surface area contributed by atoms with Crippen LogP contribution in [0, 0.1) is 5.41 Å². The van der Waals surface area contributed by atoms with E-state index in [-0.39, 0.29) is 24.2 Å². The molecule has 4 aromatic carbocycles. The van der Waals surface area contributed by atoms with Crippen LogP contribution in [0.25, 0.3) is 17.2 Å². The van der Waals surface area contributed by atoms with Crippen LogP contribution in [0.5, 0.6) is 0 Å². The topological polar surface area (TPSA) is 115 Å². The number of esters is 1. The molecule has 0 spiro atoms. The summed E-state index contributed by atoms with van der Waals surface area (Å²) in [6, 6.07) is 39.6. The Hall–Kier alpha value is -6.35. The second-order valence-corrected chi connectivity index (χ2v) is 16.2. The Morgan fingerprint density at radius 3 is 2.09 bits per heavy atom. The Labute approximate surface area is 340 Å². The molecule has 2 amide bonds. The van der Waals surface area contributed by atoms with E-state index in [2.05, 4.69) is 22.4 Å². The van der Waals surface area contributed by atoms with E-state index < -0.39 is 35.2 Å². The fraction of sp³-hybridized carbons (Fsp3) is 0.286. The number of hydrogen-bond donors (Lipinski definition) is 1. The van der Waals surface area contributed by atoms with Gasteiger partial charge in [0.15, 0.2) is 11.9 Å². The molecule has 2 atom stereocenters. The third-order valence-corrected chi connectivity index (χ3v) is 11.1.